The average molecular weight is 892 g/mol. The summed E-state index contributed by atoms with van der Waals surface area (Å²) in [6.07, 6.45) is 13.4. The molecule has 1 radical (unpaired) electrons. The van der Waals surface area contributed by atoms with Crippen molar-refractivity contribution in [3.63, 3.8) is 0 Å². The number of hydrogen-bond acceptors (Lipinski definition) is 4. The minimum Gasteiger partial charge on any atom is -0.486 e. The van der Waals surface area contributed by atoms with Crippen molar-refractivity contribution in [2.45, 2.75) is 78.4 Å². The molecule has 0 bridgehead atoms. The van der Waals surface area contributed by atoms with Gasteiger partial charge in [0.25, 0.3) is 0 Å². The Bertz CT molecular complexity index is 2250. The topological polar surface area (TPSA) is 51.8 Å². The SMILES string of the molecule is CC(C)Cc1ccnc(-c2[c-]ccc3c2oc2nc(-c4ccccc4)ccc23)c1.C[Si](C)(C)c1cnc(-c2[c-]cccc2)cc1CC1CCCCC1.[Ir]. The maximum absolute atomic E-state index is 6.24. The van der Waals surface area contributed by atoms with Gasteiger partial charge in [-0.15, -0.1) is 54.1 Å². The van der Waals surface area contributed by atoms with Gasteiger partial charge in [-0.3, -0.25) is 0 Å². The van der Waals surface area contributed by atoms with Crippen LogP contribution in [0.5, 0.6) is 0 Å². The molecule has 0 unspecified atom stereocenters. The minimum atomic E-state index is -1.36. The smallest absolute Gasteiger partial charge is 0.216 e. The summed E-state index contributed by atoms with van der Waals surface area (Å²) >= 11 is 0. The van der Waals surface area contributed by atoms with E-state index in [4.69, 9.17) is 14.4 Å². The van der Waals surface area contributed by atoms with Crippen molar-refractivity contribution in [1.29, 1.82) is 0 Å². The largest absolute Gasteiger partial charge is 0.486 e. The van der Waals surface area contributed by atoms with Gasteiger partial charge in [-0.25, -0.2) is 4.98 Å². The first-order chi connectivity index (χ1) is 25.2. The van der Waals surface area contributed by atoms with Crippen LogP contribution in [0.2, 0.25) is 19.6 Å². The van der Waals surface area contributed by atoms with Crippen molar-refractivity contribution in [2.24, 2.45) is 11.8 Å². The van der Waals surface area contributed by atoms with Gasteiger partial charge < -0.3 is 14.4 Å². The molecule has 3 aromatic carbocycles. The van der Waals surface area contributed by atoms with Gasteiger partial charge in [0.1, 0.15) is 0 Å². The number of furan rings is 1. The third-order valence-electron chi connectivity index (χ3n) is 10.1. The molecular formula is C47H49IrN3OSi-2. The summed E-state index contributed by atoms with van der Waals surface area (Å²) in [6.45, 7) is 11.7. The van der Waals surface area contributed by atoms with E-state index < -0.39 is 8.07 Å². The molecule has 7 aromatic rings. The quantitative estimate of drug-likeness (QED) is 0.113. The van der Waals surface area contributed by atoms with Gasteiger partial charge in [0, 0.05) is 43.4 Å². The number of rotatable bonds is 8. The number of nitrogens with zero attached hydrogens (tertiary/aromatic N) is 3. The summed E-state index contributed by atoms with van der Waals surface area (Å²) in [5.41, 5.74) is 10.2. The maximum atomic E-state index is 6.24. The van der Waals surface area contributed by atoms with Crippen LogP contribution in [-0.4, -0.2) is 23.0 Å². The molecule has 0 atom stereocenters. The third kappa shape index (κ3) is 9.30. The molecule has 273 valence electrons. The van der Waals surface area contributed by atoms with Gasteiger partial charge in [0.15, 0.2) is 0 Å². The van der Waals surface area contributed by atoms with Crippen LogP contribution < -0.4 is 5.19 Å². The molecule has 4 aromatic heterocycles. The molecule has 53 heavy (non-hydrogen) atoms. The van der Waals surface area contributed by atoms with Crippen molar-refractivity contribution < 1.29 is 24.5 Å². The Morgan fingerprint density at radius 2 is 1.57 bits per heavy atom. The van der Waals surface area contributed by atoms with Crippen molar-refractivity contribution in [3.8, 4) is 33.8 Å². The summed E-state index contributed by atoms with van der Waals surface area (Å²) in [5, 5.41) is 3.59. The molecule has 0 N–H and O–H groups in total. The Morgan fingerprint density at radius 3 is 2.30 bits per heavy atom. The Labute approximate surface area is 329 Å². The predicted octanol–water partition coefficient (Wildman–Crippen LogP) is 11.9. The fourth-order valence-corrected chi connectivity index (χ4v) is 9.12. The average Bonchev–Trinajstić information content (AvgIpc) is 3.54. The van der Waals surface area contributed by atoms with E-state index in [1.54, 1.807) is 10.8 Å². The molecule has 0 spiro atoms. The van der Waals surface area contributed by atoms with E-state index in [-0.39, 0.29) is 20.1 Å². The van der Waals surface area contributed by atoms with Crippen LogP contribution in [-0.2, 0) is 32.9 Å². The number of pyridine rings is 3. The zero-order chi connectivity index (χ0) is 36.1. The number of aromatic nitrogens is 3. The van der Waals surface area contributed by atoms with Gasteiger partial charge in [0.05, 0.1) is 19.4 Å². The van der Waals surface area contributed by atoms with Crippen LogP contribution in [0.3, 0.4) is 0 Å². The fraction of sp³-hybridized carbons (Fsp3) is 0.298. The van der Waals surface area contributed by atoms with Crippen LogP contribution in [0.15, 0.2) is 114 Å². The molecule has 4 heterocycles. The molecule has 1 fully saturated rings. The van der Waals surface area contributed by atoms with E-state index in [2.05, 4.69) is 105 Å². The second-order valence-electron chi connectivity index (χ2n) is 15.7. The first-order valence-corrected chi connectivity index (χ1v) is 22.4. The molecule has 1 aliphatic carbocycles. The molecule has 0 saturated heterocycles. The Kier molecular flexibility index (Phi) is 12.6. The summed E-state index contributed by atoms with van der Waals surface area (Å²) in [5.74, 6) is 1.46. The van der Waals surface area contributed by atoms with Crippen molar-refractivity contribution in [3.05, 3.63) is 133 Å². The number of benzene rings is 3. The Morgan fingerprint density at radius 1 is 0.774 bits per heavy atom. The van der Waals surface area contributed by atoms with E-state index in [1.165, 1.54) is 44.1 Å². The fourth-order valence-electron chi connectivity index (χ4n) is 7.54. The van der Waals surface area contributed by atoms with Crippen LogP contribution in [0, 0.1) is 24.0 Å². The first kappa shape index (κ1) is 38.5. The van der Waals surface area contributed by atoms with E-state index in [0.29, 0.717) is 11.6 Å². The van der Waals surface area contributed by atoms with Gasteiger partial charge in [-0.05, 0) is 59.5 Å². The van der Waals surface area contributed by atoms with Crippen molar-refractivity contribution in [2.75, 3.05) is 0 Å². The molecule has 4 nitrogen and oxygen atoms in total. The van der Waals surface area contributed by atoms with Gasteiger partial charge in [-0.1, -0.05) is 130 Å². The van der Waals surface area contributed by atoms with Crippen molar-refractivity contribution in [1.82, 2.24) is 15.0 Å². The summed E-state index contributed by atoms with van der Waals surface area (Å²) in [4.78, 5) is 14.1. The van der Waals surface area contributed by atoms with E-state index in [1.807, 2.05) is 54.7 Å². The van der Waals surface area contributed by atoms with E-state index >= 15 is 0 Å². The zero-order valence-electron chi connectivity index (χ0n) is 31.6. The van der Waals surface area contributed by atoms with Gasteiger partial charge in [-0.2, -0.15) is 0 Å². The predicted molar refractivity (Wildman–Crippen MR) is 219 cm³/mol. The molecule has 0 aliphatic heterocycles. The van der Waals surface area contributed by atoms with E-state index in [0.717, 1.165) is 62.5 Å². The summed E-state index contributed by atoms with van der Waals surface area (Å²) in [7, 11) is -1.36. The molecule has 8 rings (SSSR count). The minimum absolute atomic E-state index is 0. The van der Waals surface area contributed by atoms with Crippen LogP contribution in [0.25, 0.3) is 55.8 Å². The zero-order valence-corrected chi connectivity index (χ0v) is 35.0. The normalized spacial score (nSPS) is 13.5. The monoisotopic (exact) mass is 892 g/mol. The Balaban J connectivity index is 0.000000183. The van der Waals surface area contributed by atoms with Gasteiger partial charge in [0.2, 0.25) is 5.71 Å². The maximum Gasteiger partial charge on any atom is 0.216 e. The third-order valence-corrected chi connectivity index (χ3v) is 12.2. The number of hydrogen-bond donors (Lipinski definition) is 0. The molecule has 0 amide bonds. The standard InChI is InChI=1S/C26H21N2O.C21H28NSi.Ir/c1-17(2)15-18-13-14-27-24(16-18)22-10-6-9-20-21-11-12-23(19-7-4-3-5-8-19)28-26(21)29-25(20)22;1-23(2,3)21-16-22-20(18-12-8-5-9-13-18)15-19(21)14-17-10-6-4-7-11-17;/h3-9,11-14,16-17H,15H2,1-2H3;5,8-9,12,15-17H,4,6-7,10-11,14H2,1-3H3;/q2*-1;. The molecule has 1 aliphatic rings. The first-order valence-electron chi connectivity index (χ1n) is 18.9. The molecule has 1 saturated carbocycles. The van der Waals surface area contributed by atoms with Crippen LogP contribution >= 0.6 is 0 Å². The van der Waals surface area contributed by atoms with Crippen molar-refractivity contribution >= 4 is 35.3 Å². The van der Waals surface area contributed by atoms with Gasteiger partial charge >= 0.3 is 0 Å². The van der Waals surface area contributed by atoms with Crippen LogP contribution in [0.1, 0.15) is 57.1 Å². The van der Waals surface area contributed by atoms with E-state index in [9.17, 15) is 0 Å². The molecular weight excluding hydrogens is 843 g/mol. The second kappa shape index (κ2) is 17.3. The number of fused-ring (bicyclic) bond motifs is 3. The van der Waals surface area contributed by atoms with Crippen LogP contribution in [0.4, 0.5) is 0 Å². The molecule has 6 heteroatoms. The Hall–Kier alpha value is -4.22. The summed E-state index contributed by atoms with van der Waals surface area (Å²) < 4.78 is 6.24. The second-order valence-corrected chi connectivity index (χ2v) is 20.8. The summed E-state index contributed by atoms with van der Waals surface area (Å²) in [6, 6.07) is 39.7.